The third-order valence-corrected chi connectivity index (χ3v) is 4.63. The summed E-state index contributed by atoms with van der Waals surface area (Å²) in [6.07, 6.45) is 7.41. The van der Waals surface area contributed by atoms with Crippen molar-refractivity contribution in [2.75, 3.05) is 7.11 Å². The molecule has 19 heavy (non-hydrogen) atoms. The fourth-order valence-electron chi connectivity index (χ4n) is 3.33. The fourth-order valence-corrected chi connectivity index (χ4v) is 3.33. The van der Waals surface area contributed by atoms with Crippen LogP contribution in [-0.4, -0.2) is 7.11 Å². The van der Waals surface area contributed by atoms with E-state index in [1.165, 1.54) is 24.8 Å². The summed E-state index contributed by atoms with van der Waals surface area (Å²) in [5.74, 6) is 1.67. The van der Waals surface area contributed by atoms with Gasteiger partial charge in [-0.05, 0) is 61.6 Å². The van der Waals surface area contributed by atoms with Crippen LogP contribution in [0.15, 0.2) is 35.9 Å². The molecule has 1 atom stereocenters. The lowest BCUT2D eigenvalue weighted by atomic mass is 9.67. The molecular formula is C18H26O. The van der Waals surface area contributed by atoms with Crippen molar-refractivity contribution < 1.29 is 4.74 Å². The van der Waals surface area contributed by atoms with Crippen LogP contribution >= 0.6 is 0 Å². The Hall–Kier alpha value is -1.24. The predicted molar refractivity (Wildman–Crippen MR) is 81.6 cm³/mol. The van der Waals surface area contributed by atoms with Gasteiger partial charge in [0.25, 0.3) is 0 Å². The fraction of sp³-hybridized carbons (Fsp3) is 0.556. The minimum atomic E-state index is 0.450. The van der Waals surface area contributed by atoms with Crippen molar-refractivity contribution in [2.45, 2.75) is 46.5 Å². The van der Waals surface area contributed by atoms with E-state index < -0.39 is 0 Å². The highest BCUT2D eigenvalue weighted by Crippen LogP contribution is 2.43. The number of rotatable bonds is 4. The zero-order chi connectivity index (χ0) is 13.9. The average Bonchev–Trinajstić information content (AvgIpc) is 2.38. The Morgan fingerprint density at radius 3 is 2.47 bits per heavy atom. The predicted octanol–water partition coefficient (Wildman–Crippen LogP) is 5.01. The summed E-state index contributed by atoms with van der Waals surface area (Å²) >= 11 is 0. The summed E-state index contributed by atoms with van der Waals surface area (Å²) in [5.41, 5.74) is 3.45. The van der Waals surface area contributed by atoms with Crippen LogP contribution in [0, 0.1) is 11.3 Å². The Morgan fingerprint density at radius 2 is 1.89 bits per heavy atom. The second-order valence-corrected chi connectivity index (χ2v) is 6.41. The molecule has 104 valence electrons. The van der Waals surface area contributed by atoms with E-state index >= 15 is 0 Å². The first kappa shape index (κ1) is 14.2. The van der Waals surface area contributed by atoms with Crippen LogP contribution in [0.2, 0.25) is 0 Å². The van der Waals surface area contributed by atoms with Gasteiger partial charge in [0.05, 0.1) is 7.11 Å². The molecule has 0 aromatic heterocycles. The van der Waals surface area contributed by atoms with E-state index in [0.29, 0.717) is 5.41 Å². The van der Waals surface area contributed by atoms with E-state index in [4.69, 9.17) is 4.74 Å². The number of benzene rings is 1. The lowest BCUT2D eigenvalue weighted by Gasteiger charge is -2.38. The van der Waals surface area contributed by atoms with Crippen molar-refractivity contribution >= 4 is 0 Å². The molecule has 0 amide bonds. The molecule has 0 heterocycles. The highest BCUT2D eigenvalue weighted by Gasteiger charge is 2.32. The molecule has 0 N–H and O–H groups in total. The Bertz CT molecular complexity index is 439. The van der Waals surface area contributed by atoms with Gasteiger partial charge in [-0.3, -0.25) is 0 Å². The molecule has 0 radical (unpaired) electrons. The van der Waals surface area contributed by atoms with Crippen molar-refractivity contribution in [3.63, 3.8) is 0 Å². The van der Waals surface area contributed by atoms with E-state index in [2.05, 4.69) is 51.1 Å². The molecular weight excluding hydrogens is 232 g/mol. The molecule has 0 aliphatic heterocycles. The van der Waals surface area contributed by atoms with Crippen molar-refractivity contribution in [2.24, 2.45) is 11.3 Å². The van der Waals surface area contributed by atoms with Gasteiger partial charge < -0.3 is 4.74 Å². The van der Waals surface area contributed by atoms with E-state index in [1.54, 1.807) is 12.7 Å². The maximum absolute atomic E-state index is 5.20. The van der Waals surface area contributed by atoms with Gasteiger partial charge in [-0.25, -0.2) is 0 Å². The van der Waals surface area contributed by atoms with Crippen LogP contribution in [0.25, 0.3) is 0 Å². The molecule has 2 rings (SSSR count). The maximum atomic E-state index is 5.20. The summed E-state index contributed by atoms with van der Waals surface area (Å²) < 4.78 is 5.20. The van der Waals surface area contributed by atoms with Crippen molar-refractivity contribution in [3.05, 3.63) is 41.5 Å². The summed E-state index contributed by atoms with van der Waals surface area (Å²) in [4.78, 5) is 0. The zero-order valence-corrected chi connectivity index (χ0v) is 12.7. The first-order valence-corrected chi connectivity index (χ1v) is 7.32. The van der Waals surface area contributed by atoms with Crippen molar-refractivity contribution in [3.8, 4) is 5.75 Å². The third-order valence-electron chi connectivity index (χ3n) is 4.63. The topological polar surface area (TPSA) is 9.23 Å². The lowest BCUT2D eigenvalue weighted by Crippen LogP contribution is -2.28. The molecule has 0 fully saturated rings. The van der Waals surface area contributed by atoms with Crippen molar-refractivity contribution in [1.29, 1.82) is 0 Å². The number of ether oxygens (including phenoxy) is 1. The smallest absolute Gasteiger partial charge is 0.118 e. The number of hydrogen-bond acceptors (Lipinski definition) is 1. The molecule has 1 aliphatic carbocycles. The molecule has 1 nitrogen and oxygen atoms in total. The third kappa shape index (κ3) is 3.40. The number of hydrogen-bond donors (Lipinski definition) is 0. The second kappa shape index (κ2) is 5.81. The summed E-state index contributed by atoms with van der Waals surface area (Å²) in [6, 6.07) is 8.50. The molecule has 1 unspecified atom stereocenters. The molecule has 0 saturated heterocycles. The summed E-state index contributed by atoms with van der Waals surface area (Å²) in [7, 11) is 1.72. The minimum absolute atomic E-state index is 0.450. The number of allylic oxidation sites excluding steroid dienone is 2. The number of aryl methyl sites for hydroxylation is 1. The molecule has 0 bridgehead atoms. The van der Waals surface area contributed by atoms with Gasteiger partial charge in [-0.15, -0.1) is 0 Å². The monoisotopic (exact) mass is 258 g/mol. The van der Waals surface area contributed by atoms with Crippen LogP contribution in [0.3, 0.4) is 0 Å². The van der Waals surface area contributed by atoms with Crippen LogP contribution in [0.5, 0.6) is 5.75 Å². The van der Waals surface area contributed by atoms with Gasteiger partial charge in [-0.1, -0.05) is 37.6 Å². The van der Waals surface area contributed by atoms with Crippen LogP contribution in [-0.2, 0) is 6.42 Å². The van der Waals surface area contributed by atoms with Crippen LogP contribution in [0.4, 0.5) is 0 Å². The van der Waals surface area contributed by atoms with E-state index in [0.717, 1.165) is 18.1 Å². The Labute approximate surface area is 117 Å². The molecule has 1 aliphatic rings. The second-order valence-electron chi connectivity index (χ2n) is 6.41. The first-order valence-electron chi connectivity index (χ1n) is 7.32. The van der Waals surface area contributed by atoms with Gasteiger partial charge in [0.1, 0.15) is 5.75 Å². The summed E-state index contributed by atoms with van der Waals surface area (Å²) in [5, 5.41) is 0. The Balaban J connectivity index is 2.00. The van der Waals surface area contributed by atoms with Gasteiger partial charge in [0.15, 0.2) is 0 Å². The van der Waals surface area contributed by atoms with E-state index in [9.17, 15) is 0 Å². The maximum Gasteiger partial charge on any atom is 0.118 e. The SMILES string of the molecule is COc1ccc(CCC2C(C)=CCCC2(C)C)cc1. The first-order chi connectivity index (χ1) is 9.03. The quantitative estimate of drug-likeness (QED) is 0.690. The van der Waals surface area contributed by atoms with E-state index in [-0.39, 0.29) is 0 Å². The van der Waals surface area contributed by atoms with Gasteiger partial charge >= 0.3 is 0 Å². The highest BCUT2D eigenvalue weighted by atomic mass is 16.5. The van der Waals surface area contributed by atoms with Crippen molar-refractivity contribution in [1.82, 2.24) is 0 Å². The normalized spacial score (nSPS) is 21.9. The number of methoxy groups -OCH3 is 1. The van der Waals surface area contributed by atoms with Gasteiger partial charge in [-0.2, -0.15) is 0 Å². The largest absolute Gasteiger partial charge is 0.497 e. The van der Waals surface area contributed by atoms with E-state index in [1.807, 2.05) is 0 Å². The lowest BCUT2D eigenvalue weighted by molar-refractivity contribution is 0.204. The molecule has 1 heteroatoms. The zero-order valence-electron chi connectivity index (χ0n) is 12.7. The van der Waals surface area contributed by atoms with Gasteiger partial charge in [0.2, 0.25) is 0 Å². The molecule has 1 aromatic carbocycles. The molecule has 1 aromatic rings. The standard InChI is InChI=1S/C18H26O/c1-14-6-5-13-18(2,3)17(14)12-9-15-7-10-16(19-4)11-8-15/h6-8,10-11,17H,5,9,12-13H2,1-4H3. The van der Waals surface area contributed by atoms with Crippen LogP contribution in [0.1, 0.15) is 45.6 Å². The minimum Gasteiger partial charge on any atom is -0.497 e. The Kier molecular flexibility index (Phi) is 4.34. The Morgan fingerprint density at radius 1 is 1.21 bits per heavy atom. The molecule has 0 spiro atoms. The summed E-state index contributed by atoms with van der Waals surface area (Å²) in [6.45, 7) is 7.14. The van der Waals surface area contributed by atoms with Crippen LogP contribution < -0.4 is 4.74 Å². The highest BCUT2D eigenvalue weighted by molar-refractivity contribution is 5.27. The van der Waals surface area contributed by atoms with Gasteiger partial charge in [0, 0.05) is 0 Å². The molecule has 0 saturated carbocycles. The average molecular weight is 258 g/mol.